The lowest BCUT2D eigenvalue weighted by Crippen LogP contribution is -2.15. The summed E-state index contributed by atoms with van der Waals surface area (Å²) in [5.41, 5.74) is 1.57. The molecule has 5 nitrogen and oxygen atoms in total. The van der Waals surface area contributed by atoms with E-state index in [1.165, 1.54) is 0 Å². The van der Waals surface area contributed by atoms with E-state index in [-0.39, 0.29) is 13.2 Å². The first kappa shape index (κ1) is 13.1. The molecule has 0 spiro atoms. The second-order valence-corrected chi connectivity index (χ2v) is 5.43. The summed E-state index contributed by atoms with van der Waals surface area (Å²) >= 11 is 3.17. The molecule has 1 aromatic heterocycles. The van der Waals surface area contributed by atoms with Crippen LogP contribution in [-0.4, -0.2) is 35.7 Å². The fraction of sp³-hybridized carbons (Fsp3) is 0.273. The van der Waals surface area contributed by atoms with Gasteiger partial charge in [-0.2, -0.15) is 0 Å². The van der Waals surface area contributed by atoms with E-state index in [0.29, 0.717) is 5.69 Å². The summed E-state index contributed by atoms with van der Waals surface area (Å²) in [7, 11) is 0. The molecule has 2 rings (SSSR count). The molecule has 0 radical (unpaired) electrons. The topological polar surface area (TPSA) is 71.5 Å². The monoisotopic (exact) mass is 284 g/mol. The molecule has 7 heteroatoms. The van der Waals surface area contributed by atoms with Gasteiger partial charge in [0.05, 0.1) is 16.8 Å². The third kappa shape index (κ3) is 3.12. The smallest absolute Gasteiger partial charge is 0.411 e. The number of hydrogen-bond acceptors (Lipinski definition) is 6. The fourth-order valence-corrected chi connectivity index (χ4v) is 2.89. The Morgan fingerprint density at radius 3 is 3.17 bits per heavy atom. The summed E-state index contributed by atoms with van der Waals surface area (Å²) < 4.78 is 6.72. The first-order chi connectivity index (χ1) is 8.72. The lowest BCUT2D eigenvalue weighted by Gasteiger charge is -2.05. The molecule has 0 atom stereocenters. The molecule has 1 aromatic carbocycles. The summed E-state index contributed by atoms with van der Waals surface area (Å²) in [6, 6.07) is 5.48. The van der Waals surface area contributed by atoms with E-state index in [0.717, 1.165) is 14.6 Å². The van der Waals surface area contributed by atoms with Crippen molar-refractivity contribution in [2.75, 3.05) is 24.8 Å². The van der Waals surface area contributed by atoms with Gasteiger partial charge in [-0.3, -0.25) is 5.32 Å². The maximum absolute atomic E-state index is 11.3. The van der Waals surface area contributed by atoms with Crippen LogP contribution in [0.15, 0.2) is 22.5 Å². The number of aliphatic hydroxyl groups is 1. The number of carbonyl (C=O) groups excluding carboxylic acids is 1. The van der Waals surface area contributed by atoms with Crippen molar-refractivity contribution in [3.8, 4) is 0 Å². The van der Waals surface area contributed by atoms with E-state index in [1.54, 1.807) is 29.2 Å². The number of aromatic nitrogens is 1. The maximum Gasteiger partial charge on any atom is 0.411 e. The first-order valence-corrected chi connectivity index (χ1v) is 7.26. The Labute approximate surface area is 112 Å². The number of anilines is 1. The van der Waals surface area contributed by atoms with Crippen molar-refractivity contribution in [1.29, 1.82) is 0 Å². The fourth-order valence-electron chi connectivity index (χ4n) is 1.36. The molecule has 0 unspecified atom stereocenters. The SMILES string of the molecule is CSc1nc2ccc(NC(=O)OCCO)cc2s1. The Hall–Kier alpha value is -1.31. The molecule has 96 valence electrons. The van der Waals surface area contributed by atoms with E-state index < -0.39 is 6.09 Å². The minimum absolute atomic E-state index is 0.00867. The van der Waals surface area contributed by atoms with Crippen LogP contribution in [0.5, 0.6) is 0 Å². The van der Waals surface area contributed by atoms with Gasteiger partial charge in [0, 0.05) is 5.69 Å². The number of nitrogens with one attached hydrogen (secondary N) is 1. The lowest BCUT2D eigenvalue weighted by atomic mass is 10.3. The molecule has 2 N–H and O–H groups in total. The summed E-state index contributed by atoms with van der Waals surface area (Å²) in [4.78, 5) is 15.7. The molecule has 18 heavy (non-hydrogen) atoms. The predicted octanol–water partition coefficient (Wildman–Crippen LogP) is 2.56. The molecule has 0 fully saturated rings. The third-order valence-electron chi connectivity index (χ3n) is 2.11. The van der Waals surface area contributed by atoms with Crippen molar-refractivity contribution in [1.82, 2.24) is 4.98 Å². The van der Waals surface area contributed by atoms with E-state index >= 15 is 0 Å². The quantitative estimate of drug-likeness (QED) is 0.844. The van der Waals surface area contributed by atoms with Gasteiger partial charge in [-0.05, 0) is 24.5 Å². The van der Waals surface area contributed by atoms with Gasteiger partial charge in [0.1, 0.15) is 6.61 Å². The van der Waals surface area contributed by atoms with Crippen LogP contribution < -0.4 is 5.32 Å². The molecule has 1 amide bonds. The number of ether oxygens (including phenoxy) is 1. The minimum Gasteiger partial charge on any atom is -0.447 e. The average molecular weight is 284 g/mol. The summed E-state index contributed by atoms with van der Waals surface area (Å²) in [6.45, 7) is -0.191. The van der Waals surface area contributed by atoms with Crippen LogP contribution >= 0.6 is 23.1 Å². The Morgan fingerprint density at radius 2 is 2.44 bits per heavy atom. The van der Waals surface area contributed by atoms with Crippen molar-refractivity contribution in [2.45, 2.75) is 4.34 Å². The van der Waals surface area contributed by atoms with Gasteiger partial charge in [-0.25, -0.2) is 9.78 Å². The van der Waals surface area contributed by atoms with E-state index in [4.69, 9.17) is 9.84 Å². The number of nitrogens with zero attached hydrogens (tertiary/aromatic N) is 1. The van der Waals surface area contributed by atoms with Gasteiger partial charge >= 0.3 is 6.09 Å². The van der Waals surface area contributed by atoms with Gasteiger partial charge in [0.2, 0.25) is 0 Å². The van der Waals surface area contributed by atoms with Gasteiger partial charge in [-0.1, -0.05) is 11.8 Å². The Bertz CT molecular complexity index is 556. The molecule has 0 saturated carbocycles. The molecule has 0 aliphatic heterocycles. The summed E-state index contributed by atoms with van der Waals surface area (Å²) in [5, 5.41) is 11.1. The standard InChI is InChI=1S/C11H12N2O3S2/c1-17-11-13-8-3-2-7(6-9(8)18-11)12-10(15)16-5-4-14/h2-3,6,14H,4-5H2,1H3,(H,12,15). The van der Waals surface area contributed by atoms with Crippen LogP contribution in [-0.2, 0) is 4.74 Å². The molecular formula is C11H12N2O3S2. The molecule has 0 aliphatic carbocycles. The number of thioether (sulfide) groups is 1. The van der Waals surface area contributed by atoms with Gasteiger partial charge in [0.25, 0.3) is 0 Å². The van der Waals surface area contributed by atoms with Crippen molar-refractivity contribution >= 4 is 45.1 Å². The molecule has 0 bridgehead atoms. The van der Waals surface area contributed by atoms with E-state index in [2.05, 4.69) is 10.3 Å². The van der Waals surface area contributed by atoms with Gasteiger partial charge < -0.3 is 9.84 Å². The van der Waals surface area contributed by atoms with Gasteiger partial charge in [-0.15, -0.1) is 11.3 Å². The zero-order valence-corrected chi connectivity index (χ0v) is 11.3. The highest BCUT2D eigenvalue weighted by Crippen LogP contribution is 2.29. The number of carbonyl (C=O) groups is 1. The number of hydrogen-bond donors (Lipinski definition) is 2. The maximum atomic E-state index is 11.3. The highest BCUT2D eigenvalue weighted by molar-refractivity contribution is 8.00. The average Bonchev–Trinajstić information content (AvgIpc) is 2.78. The minimum atomic E-state index is -0.571. The van der Waals surface area contributed by atoms with Crippen LogP contribution in [0.25, 0.3) is 10.2 Å². The van der Waals surface area contributed by atoms with Crippen LogP contribution in [0.3, 0.4) is 0 Å². The lowest BCUT2D eigenvalue weighted by molar-refractivity contribution is 0.131. The molecule has 2 aromatic rings. The highest BCUT2D eigenvalue weighted by atomic mass is 32.2. The van der Waals surface area contributed by atoms with E-state index in [1.807, 2.05) is 18.4 Å². The van der Waals surface area contributed by atoms with Crippen LogP contribution in [0.4, 0.5) is 10.5 Å². The number of aliphatic hydroxyl groups excluding tert-OH is 1. The Morgan fingerprint density at radius 1 is 1.61 bits per heavy atom. The second kappa shape index (κ2) is 6.03. The van der Waals surface area contributed by atoms with Gasteiger partial charge in [0.15, 0.2) is 4.34 Å². The molecule has 0 saturated heterocycles. The van der Waals surface area contributed by atoms with Crippen molar-refractivity contribution in [3.63, 3.8) is 0 Å². The number of amides is 1. The normalized spacial score (nSPS) is 10.6. The zero-order valence-electron chi connectivity index (χ0n) is 9.67. The van der Waals surface area contributed by atoms with Crippen LogP contribution in [0.2, 0.25) is 0 Å². The van der Waals surface area contributed by atoms with Crippen LogP contribution in [0, 0.1) is 0 Å². The number of thiazole rings is 1. The Balaban J connectivity index is 2.11. The van der Waals surface area contributed by atoms with E-state index in [9.17, 15) is 4.79 Å². The summed E-state index contributed by atoms with van der Waals surface area (Å²) in [5.74, 6) is 0. The number of rotatable bonds is 4. The van der Waals surface area contributed by atoms with Crippen molar-refractivity contribution < 1.29 is 14.6 Å². The first-order valence-electron chi connectivity index (χ1n) is 5.22. The summed E-state index contributed by atoms with van der Waals surface area (Å²) in [6.07, 6.45) is 1.40. The van der Waals surface area contributed by atoms with Crippen molar-refractivity contribution in [3.05, 3.63) is 18.2 Å². The molecular weight excluding hydrogens is 272 g/mol. The predicted molar refractivity (Wildman–Crippen MR) is 73.5 cm³/mol. The number of benzene rings is 1. The Kier molecular flexibility index (Phi) is 4.40. The van der Waals surface area contributed by atoms with Crippen molar-refractivity contribution in [2.24, 2.45) is 0 Å². The molecule has 0 aliphatic rings. The molecule has 1 heterocycles. The zero-order chi connectivity index (χ0) is 13.0. The second-order valence-electron chi connectivity index (χ2n) is 3.35. The largest absolute Gasteiger partial charge is 0.447 e. The third-order valence-corrected chi connectivity index (χ3v) is 4.12. The highest BCUT2D eigenvalue weighted by Gasteiger charge is 2.06. The number of fused-ring (bicyclic) bond motifs is 1. The van der Waals surface area contributed by atoms with Crippen LogP contribution in [0.1, 0.15) is 0 Å².